The van der Waals surface area contributed by atoms with E-state index in [1.807, 2.05) is 6.08 Å². The molecule has 0 bridgehead atoms. The largest absolute Gasteiger partial charge is 0.323 e. The molecular formula is C7H10O5. The molecule has 2 rings (SSSR count). The fourth-order valence-corrected chi connectivity index (χ4v) is 1.13. The highest BCUT2D eigenvalue weighted by Gasteiger charge is 2.36. The van der Waals surface area contributed by atoms with Gasteiger partial charge in [0.1, 0.15) is 0 Å². The van der Waals surface area contributed by atoms with Gasteiger partial charge in [0, 0.05) is 6.42 Å². The van der Waals surface area contributed by atoms with Crippen molar-refractivity contribution in [2.45, 2.75) is 18.6 Å². The number of ether oxygens (including phenoxy) is 1. The smallest absolute Gasteiger partial charge is 0.252 e. The molecule has 0 radical (unpaired) electrons. The van der Waals surface area contributed by atoms with E-state index in [9.17, 15) is 0 Å². The number of hydrogen-bond acceptors (Lipinski definition) is 5. The average Bonchev–Trinajstić information content (AvgIpc) is 2.47. The molecule has 0 atom stereocenters. The Kier molecular flexibility index (Phi) is 2.38. The first-order valence-corrected chi connectivity index (χ1v) is 3.78. The second kappa shape index (κ2) is 3.51. The van der Waals surface area contributed by atoms with E-state index in [2.05, 4.69) is 0 Å². The molecule has 1 aliphatic heterocycles. The fourth-order valence-electron chi connectivity index (χ4n) is 1.13. The maximum atomic E-state index is 4.97. The van der Waals surface area contributed by atoms with E-state index < -0.39 is 5.79 Å². The molecule has 68 valence electrons. The van der Waals surface area contributed by atoms with Crippen molar-refractivity contribution in [2.24, 2.45) is 0 Å². The van der Waals surface area contributed by atoms with Gasteiger partial charge in [-0.25, -0.2) is 9.78 Å². The molecule has 1 aliphatic carbocycles. The Morgan fingerprint density at radius 2 is 1.83 bits per heavy atom. The van der Waals surface area contributed by atoms with Crippen molar-refractivity contribution in [3.8, 4) is 0 Å². The molecule has 0 aromatic heterocycles. The molecule has 1 fully saturated rings. The summed E-state index contributed by atoms with van der Waals surface area (Å²) < 4.78 is 4.76. The lowest BCUT2D eigenvalue weighted by Gasteiger charge is -2.26. The number of rotatable bonds is 0. The van der Waals surface area contributed by atoms with Crippen LogP contribution < -0.4 is 0 Å². The van der Waals surface area contributed by atoms with Crippen LogP contribution >= 0.6 is 0 Å². The molecule has 1 saturated heterocycles. The molecule has 0 unspecified atom stereocenters. The third-order valence-corrected chi connectivity index (χ3v) is 1.69. The van der Waals surface area contributed by atoms with Crippen molar-refractivity contribution >= 4 is 0 Å². The van der Waals surface area contributed by atoms with Crippen LogP contribution in [-0.2, 0) is 24.3 Å². The molecule has 2 aliphatic rings. The van der Waals surface area contributed by atoms with Gasteiger partial charge in [-0.05, 0) is 12.5 Å². The summed E-state index contributed by atoms with van der Waals surface area (Å²) in [6.07, 6.45) is 5.33. The number of hydrogen-bond donors (Lipinski definition) is 0. The summed E-state index contributed by atoms with van der Waals surface area (Å²) >= 11 is 0. The molecule has 5 heteroatoms. The second-order valence-electron chi connectivity index (χ2n) is 2.60. The summed E-state index contributed by atoms with van der Waals surface area (Å²) in [6.45, 7) is 0.109. The minimum Gasteiger partial charge on any atom is -0.323 e. The molecule has 1 heterocycles. The standard InChI is InChI=1S/C7H10O5/c1-2-4-7(3-1)11-9-5-8-6-10-12-7/h1,3H,2,4-6H2. The predicted molar refractivity (Wildman–Crippen MR) is 36.3 cm³/mol. The Balaban J connectivity index is 1.97. The second-order valence-corrected chi connectivity index (χ2v) is 2.60. The fraction of sp³-hybridized carbons (Fsp3) is 0.714. The normalized spacial score (nSPS) is 28.7. The van der Waals surface area contributed by atoms with Crippen molar-refractivity contribution in [3.63, 3.8) is 0 Å². The minimum atomic E-state index is -0.857. The Bertz CT molecular complexity index is 171. The van der Waals surface area contributed by atoms with Crippen molar-refractivity contribution < 1.29 is 24.3 Å². The van der Waals surface area contributed by atoms with E-state index >= 15 is 0 Å². The lowest BCUT2D eigenvalue weighted by molar-refractivity contribution is -0.541. The van der Waals surface area contributed by atoms with Gasteiger partial charge >= 0.3 is 0 Å². The van der Waals surface area contributed by atoms with E-state index in [0.717, 1.165) is 6.42 Å². The van der Waals surface area contributed by atoms with Gasteiger partial charge < -0.3 is 4.74 Å². The molecule has 0 saturated carbocycles. The average molecular weight is 174 g/mol. The number of allylic oxidation sites excluding steroid dienone is 1. The van der Waals surface area contributed by atoms with Crippen LogP contribution in [0.2, 0.25) is 0 Å². The lowest BCUT2D eigenvalue weighted by atomic mass is 10.2. The van der Waals surface area contributed by atoms with E-state index in [1.165, 1.54) is 0 Å². The van der Waals surface area contributed by atoms with E-state index in [4.69, 9.17) is 24.3 Å². The molecule has 0 N–H and O–H groups in total. The molecule has 0 aromatic carbocycles. The summed E-state index contributed by atoms with van der Waals surface area (Å²) in [5, 5.41) is 0. The van der Waals surface area contributed by atoms with Gasteiger partial charge in [0.25, 0.3) is 5.79 Å². The maximum Gasteiger partial charge on any atom is 0.252 e. The Hall–Kier alpha value is -0.460. The van der Waals surface area contributed by atoms with Gasteiger partial charge in [0.15, 0.2) is 13.6 Å². The Morgan fingerprint density at radius 1 is 1.08 bits per heavy atom. The topological polar surface area (TPSA) is 46.2 Å². The molecule has 5 nitrogen and oxygen atoms in total. The van der Waals surface area contributed by atoms with Gasteiger partial charge in [-0.2, -0.15) is 9.78 Å². The van der Waals surface area contributed by atoms with Crippen LogP contribution in [0, 0.1) is 0 Å². The molecule has 0 amide bonds. The van der Waals surface area contributed by atoms with Crippen molar-refractivity contribution in [1.82, 2.24) is 0 Å². The van der Waals surface area contributed by atoms with Crippen molar-refractivity contribution in [1.29, 1.82) is 0 Å². The minimum absolute atomic E-state index is 0.0545. The molecule has 1 spiro atoms. The first-order chi connectivity index (χ1) is 5.91. The van der Waals surface area contributed by atoms with Gasteiger partial charge in [0.05, 0.1) is 0 Å². The molecule has 12 heavy (non-hydrogen) atoms. The maximum absolute atomic E-state index is 4.97. The summed E-state index contributed by atoms with van der Waals surface area (Å²) in [5.41, 5.74) is 0. The van der Waals surface area contributed by atoms with Gasteiger partial charge in [-0.3, -0.25) is 0 Å². The SMILES string of the molecule is C1=CC2(CC1)OOCOCOO2. The molecule has 0 aromatic rings. The van der Waals surface area contributed by atoms with E-state index in [-0.39, 0.29) is 13.6 Å². The van der Waals surface area contributed by atoms with Crippen LogP contribution in [0.1, 0.15) is 12.8 Å². The van der Waals surface area contributed by atoms with Crippen LogP contribution in [0.25, 0.3) is 0 Å². The monoisotopic (exact) mass is 174 g/mol. The van der Waals surface area contributed by atoms with Crippen molar-refractivity contribution in [2.75, 3.05) is 13.6 Å². The van der Waals surface area contributed by atoms with Crippen LogP contribution in [0.4, 0.5) is 0 Å². The third kappa shape index (κ3) is 1.65. The van der Waals surface area contributed by atoms with Crippen LogP contribution in [0.5, 0.6) is 0 Å². The van der Waals surface area contributed by atoms with Crippen LogP contribution in [0.15, 0.2) is 12.2 Å². The summed E-state index contributed by atoms with van der Waals surface area (Å²) in [5.74, 6) is -0.857. The lowest BCUT2D eigenvalue weighted by Crippen LogP contribution is -2.34. The first kappa shape index (κ1) is 8.15. The van der Waals surface area contributed by atoms with Crippen molar-refractivity contribution in [3.05, 3.63) is 12.2 Å². The quantitative estimate of drug-likeness (QED) is 0.403. The Morgan fingerprint density at radius 3 is 2.42 bits per heavy atom. The van der Waals surface area contributed by atoms with Crippen LogP contribution in [0.3, 0.4) is 0 Å². The highest BCUT2D eigenvalue weighted by atomic mass is 17.3. The zero-order valence-electron chi connectivity index (χ0n) is 6.52. The Labute approximate surface area is 69.7 Å². The van der Waals surface area contributed by atoms with Gasteiger partial charge in [-0.1, -0.05) is 6.08 Å². The highest BCUT2D eigenvalue weighted by Crippen LogP contribution is 2.29. The van der Waals surface area contributed by atoms with E-state index in [1.54, 1.807) is 6.08 Å². The van der Waals surface area contributed by atoms with Gasteiger partial charge in [0.2, 0.25) is 0 Å². The zero-order valence-corrected chi connectivity index (χ0v) is 6.52. The first-order valence-electron chi connectivity index (χ1n) is 3.78. The zero-order chi connectivity index (χ0) is 8.28. The predicted octanol–water partition coefficient (Wildman–Crippen LogP) is 0.874. The summed E-state index contributed by atoms with van der Waals surface area (Å²) in [6, 6.07) is 0. The summed E-state index contributed by atoms with van der Waals surface area (Å²) in [4.78, 5) is 19.4. The van der Waals surface area contributed by atoms with Gasteiger partial charge in [-0.15, -0.1) is 0 Å². The third-order valence-electron chi connectivity index (χ3n) is 1.69. The van der Waals surface area contributed by atoms with E-state index in [0.29, 0.717) is 6.42 Å². The summed E-state index contributed by atoms with van der Waals surface area (Å²) in [7, 11) is 0. The molecular weight excluding hydrogens is 164 g/mol. The van der Waals surface area contributed by atoms with Crippen LogP contribution in [-0.4, -0.2) is 19.4 Å². The highest BCUT2D eigenvalue weighted by molar-refractivity contribution is 5.03.